The van der Waals surface area contributed by atoms with Gasteiger partial charge in [0.25, 0.3) is 0 Å². The third-order valence-electron chi connectivity index (χ3n) is 4.03. The van der Waals surface area contributed by atoms with E-state index in [1.165, 1.54) is 17.7 Å². The topological polar surface area (TPSA) is 52.5 Å². The van der Waals surface area contributed by atoms with Crippen molar-refractivity contribution in [3.63, 3.8) is 0 Å². The number of aromatic nitrogens is 2. The van der Waals surface area contributed by atoms with Crippen molar-refractivity contribution in [3.8, 4) is 6.07 Å². The Kier molecular flexibility index (Phi) is 2.45. The third-order valence-corrected chi connectivity index (χ3v) is 4.99. The van der Waals surface area contributed by atoms with E-state index < -0.39 is 0 Å². The highest BCUT2D eigenvalue weighted by Crippen LogP contribution is 2.51. The van der Waals surface area contributed by atoms with Crippen LogP contribution in [0.5, 0.6) is 0 Å². The molecule has 2 unspecified atom stereocenters. The summed E-state index contributed by atoms with van der Waals surface area (Å²) >= 11 is 1.65. The Morgan fingerprint density at radius 1 is 1.60 bits per heavy atom. The molecule has 0 aliphatic heterocycles. The lowest BCUT2D eigenvalue weighted by atomic mass is 10.1. The number of allylic oxidation sites excluding steroid dienone is 2. The van der Waals surface area contributed by atoms with Gasteiger partial charge in [-0.25, -0.2) is 4.98 Å². The number of hydrogen-bond acceptors (Lipinski definition) is 3. The average Bonchev–Trinajstić information content (AvgIpc) is 2.95. The number of aromatic amines is 1. The molecule has 2 aliphatic carbocycles. The monoisotopic (exact) mass is 279 g/mol. The van der Waals surface area contributed by atoms with Crippen LogP contribution in [0.3, 0.4) is 0 Å². The maximum absolute atomic E-state index is 9.41. The summed E-state index contributed by atoms with van der Waals surface area (Å²) in [6.07, 6.45) is 7.45. The molecule has 0 radical (unpaired) electrons. The predicted molar refractivity (Wildman–Crippen MR) is 81.0 cm³/mol. The van der Waals surface area contributed by atoms with Crippen molar-refractivity contribution in [3.05, 3.63) is 45.2 Å². The van der Waals surface area contributed by atoms with Crippen LogP contribution in [0.1, 0.15) is 40.0 Å². The smallest absolute Gasteiger partial charge is 0.148 e. The molecular weight excluding hydrogens is 266 g/mol. The van der Waals surface area contributed by atoms with E-state index in [1.54, 1.807) is 11.3 Å². The summed E-state index contributed by atoms with van der Waals surface area (Å²) < 4.78 is 0. The van der Waals surface area contributed by atoms with Gasteiger partial charge in [-0.2, -0.15) is 5.26 Å². The molecule has 2 heterocycles. The Morgan fingerprint density at radius 3 is 3.25 bits per heavy atom. The molecule has 98 valence electrons. The molecule has 1 fully saturated rings. The van der Waals surface area contributed by atoms with Gasteiger partial charge in [-0.1, -0.05) is 6.08 Å². The second-order valence-corrected chi connectivity index (χ2v) is 6.33. The second kappa shape index (κ2) is 4.19. The van der Waals surface area contributed by atoms with Crippen molar-refractivity contribution in [2.45, 2.75) is 19.3 Å². The van der Waals surface area contributed by atoms with E-state index in [2.05, 4.69) is 41.2 Å². The Morgan fingerprint density at radius 2 is 2.50 bits per heavy atom. The molecule has 0 saturated heterocycles. The van der Waals surface area contributed by atoms with Gasteiger partial charge in [0.1, 0.15) is 11.9 Å². The van der Waals surface area contributed by atoms with Gasteiger partial charge in [-0.15, -0.1) is 11.3 Å². The summed E-state index contributed by atoms with van der Waals surface area (Å²) in [5, 5.41) is 11.5. The zero-order valence-corrected chi connectivity index (χ0v) is 11.9. The lowest BCUT2D eigenvalue weighted by molar-refractivity contribution is 0.953. The van der Waals surface area contributed by atoms with Crippen LogP contribution in [0.25, 0.3) is 17.7 Å². The minimum Gasteiger partial charge on any atom is -0.340 e. The van der Waals surface area contributed by atoms with Crippen LogP contribution >= 0.6 is 11.3 Å². The van der Waals surface area contributed by atoms with Gasteiger partial charge in [0.2, 0.25) is 0 Å². The fourth-order valence-electron chi connectivity index (χ4n) is 2.73. The van der Waals surface area contributed by atoms with E-state index in [0.29, 0.717) is 23.2 Å². The number of nitriles is 1. The van der Waals surface area contributed by atoms with E-state index in [0.717, 1.165) is 10.6 Å². The van der Waals surface area contributed by atoms with Gasteiger partial charge in [-0.3, -0.25) is 0 Å². The van der Waals surface area contributed by atoms with Crippen molar-refractivity contribution in [2.75, 3.05) is 0 Å². The highest BCUT2D eigenvalue weighted by Gasteiger charge is 2.41. The van der Waals surface area contributed by atoms with Crippen molar-refractivity contribution >= 4 is 29.1 Å². The van der Waals surface area contributed by atoms with Gasteiger partial charge in [0, 0.05) is 16.5 Å². The first-order chi connectivity index (χ1) is 9.76. The molecule has 2 aliphatic rings. The molecule has 2 atom stereocenters. The zero-order valence-electron chi connectivity index (χ0n) is 11.1. The molecule has 0 amide bonds. The van der Waals surface area contributed by atoms with Crippen LogP contribution in [-0.4, -0.2) is 9.97 Å². The van der Waals surface area contributed by atoms with E-state index in [-0.39, 0.29) is 0 Å². The van der Waals surface area contributed by atoms with E-state index in [4.69, 9.17) is 0 Å². The van der Waals surface area contributed by atoms with E-state index >= 15 is 0 Å². The lowest BCUT2D eigenvalue weighted by Gasteiger charge is -2.00. The molecule has 0 spiro atoms. The van der Waals surface area contributed by atoms with Crippen molar-refractivity contribution < 1.29 is 0 Å². The first kappa shape index (κ1) is 11.7. The molecule has 2 aromatic rings. The number of nitrogens with one attached hydrogen (secondary N) is 1. The first-order valence-electron chi connectivity index (χ1n) is 6.70. The lowest BCUT2D eigenvalue weighted by Crippen LogP contribution is -1.90. The Labute approximate surface area is 121 Å². The van der Waals surface area contributed by atoms with Crippen molar-refractivity contribution in [2.24, 2.45) is 5.92 Å². The van der Waals surface area contributed by atoms with Gasteiger partial charge >= 0.3 is 0 Å². The fourth-order valence-corrected chi connectivity index (χ4v) is 3.59. The number of imidazole rings is 1. The molecule has 4 rings (SSSR count). The molecule has 20 heavy (non-hydrogen) atoms. The zero-order chi connectivity index (χ0) is 13.7. The molecule has 2 aromatic heterocycles. The standard InChI is InChI=1S/C16H13N3S/c1-9-4-5-20-14(9)7-11(8-17)16-18-13-3-2-10-6-12(10)15(13)19-16/h2-5,7,10,12H,6H2,1H3,(H,18,19)/b11-7+. The second-order valence-electron chi connectivity index (χ2n) is 5.39. The number of fused-ring (bicyclic) bond motifs is 3. The minimum atomic E-state index is 0.597. The van der Waals surface area contributed by atoms with Gasteiger partial charge in [0.05, 0.1) is 11.3 Å². The highest BCUT2D eigenvalue weighted by molar-refractivity contribution is 7.11. The highest BCUT2D eigenvalue weighted by atomic mass is 32.1. The van der Waals surface area contributed by atoms with Crippen LogP contribution < -0.4 is 0 Å². The molecule has 0 bridgehead atoms. The van der Waals surface area contributed by atoms with Crippen LogP contribution in [0.4, 0.5) is 0 Å². The summed E-state index contributed by atoms with van der Waals surface area (Å²) in [5.41, 5.74) is 4.01. The van der Waals surface area contributed by atoms with Crippen molar-refractivity contribution in [1.29, 1.82) is 5.26 Å². The molecule has 1 N–H and O–H groups in total. The van der Waals surface area contributed by atoms with Crippen LogP contribution in [0.15, 0.2) is 17.5 Å². The summed E-state index contributed by atoms with van der Waals surface area (Å²) in [5.74, 6) is 1.98. The number of aryl methyl sites for hydroxylation is 1. The maximum Gasteiger partial charge on any atom is 0.148 e. The molecular formula is C16H13N3S. The summed E-state index contributed by atoms with van der Waals surface area (Å²) in [6.45, 7) is 2.06. The van der Waals surface area contributed by atoms with Crippen LogP contribution in [0, 0.1) is 24.2 Å². The molecule has 3 nitrogen and oxygen atoms in total. The first-order valence-corrected chi connectivity index (χ1v) is 7.58. The van der Waals surface area contributed by atoms with Gasteiger partial charge in [0.15, 0.2) is 0 Å². The number of rotatable bonds is 2. The number of nitrogens with zero attached hydrogens (tertiary/aromatic N) is 2. The summed E-state index contributed by atoms with van der Waals surface area (Å²) in [6, 6.07) is 4.34. The predicted octanol–water partition coefficient (Wildman–Crippen LogP) is 3.97. The average molecular weight is 279 g/mol. The minimum absolute atomic E-state index is 0.597. The van der Waals surface area contributed by atoms with Gasteiger partial charge < -0.3 is 4.98 Å². The number of H-pyrrole nitrogens is 1. The largest absolute Gasteiger partial charge is 0.340 e. The maximum atomic E-state index is 9.41. The normalized spacial score (nSPS) is 23.1. The third kappa shape index (κ3) is 1.75. The van der Waals surface area contributed by atoms with Crippen LogP contribution in [-0.2, 0) is 0 Å². The SMILES string of the molecule is Cc1ccsc1/C=C(\C#N)c1nc2c([nH]1)C1CC1C=C2. The fraction of sp³-hybridized carbons (Fsp3) is 0.250. The molecule has 1 saturated carbocycles. The summed E-state index contributed by atoms with van der Waals surface area (Å²) in [7, 11) is 0. The van der Waals surface area contributed by atoms with E-state index in [1.807, 2.05) is 11.5 Å². The Balaban J connectivity index is 1.76. The number of hydrogen-bond donors (Lipinski definition) is 1. The Bertz CT molecular complexity index is 785. The van der Waals surface area contributed by atoms with Crippen LogP contribution in [0.2, 0.25) is 0 Å². The van der Waals surface area contributed by atoms with E-state index in [9.17, 15) is 5.26 Å². The quantitative estimate of drug-likeness (QED) is 0.845. The molecule has 4 heteroatoms. The van der Waals surface area contributed by atoms with Crippen molar-refractivity contribution in [1.82, 2.24) is 9.97 Å². The van der Waals surface area contributed by atoms with Gasteiger partial charge in [-0.05, 0) is 48.4 Å². The summed E-state index contributed by atoms with van der Waals surface area (Å²) in [4.78, 5) is 9.06. The molecule has 0 aromatic carbocycles. The number of thiophene rings is 1. The Hall–Kier alpha value is -2.12.